The molecule has 1 saturated heterocycles. The highest BCUT2D eigenvalue weighted by Crippen LogP contribution is 2.26. The number of carbonyl (C=O) groups is 2. The van der Waals surface area contributed by atoms with Crippen molar-refractivity contribution in [1.82, 2.24) is 20.0 Å². The first-order valence-corrected chi connectivity index (χ1v) is 9.22. The van der Waals surface area contributed by atoms with Gasteiger partial charge in [0.05, 0.1) is 5.02 Å². The van der Waals surface area contributed by atoms with Crippen LogP contribution >= 0.6 is 11.6 Å². The number of hydrogen-bond acceptors (Lipinski definition) is 6. The molecule has 144 valence electrons. The van der Waals surface area contributed by atoms with Gasteiger partial charge in [-0.2, -0.15) is 4.98 Å². The Balaban J connectivity index is 1.37. The van der Waals surface area contributed by atoms with Crippen molar-refractivity contribution in [2.75, 3.05) is 19.7 Å². The second kappa shape index (κ2) is 7.85. The molecule has 0 unspecified atom stereocenters. The molecule has 28 heavy (non-hydrogen) atoms. The number of likely N-dealkylation sites (tertiary alicyclic amines) is 1. The summed E-state index contributed by atoms with van der Waals surface area (Å²) in [6, 6.07) is 8.59. The van der Waals surface area contributed by atoms with Crippen LogP contribution in [0.4, 0.5) is 0 Å². The molecule has 0 aliphatic carbocycles. The third-order valence-corrected chi connectivity index (χ3v) is 4.81. The minimum atomic E-state index is -0.311. The Labute approximate surface area is 165 Å². The van der Waals surface area contributed by atoms with Crippen molar-refractivity contribution in [3.63, 3.8) is 0 Å². The second-order valence-corrected chi connectivity index (χ2v) is 6.78. The van der Waals surface area contributed by atoms with E-state index in [4.69, 9.17) is 20.9 Å². The standard InChI is InChI=1S/C19H17ClN4O4/c20-14-6-2-1-5-13(14)17-22-19(28-23-17)27-11-16(25)12-9-15(21-10-12)18(26)24-7-3-4-8-24/h1-2,5-6,9-10,21H,3-4,7-8,11H2. The van der Waals surface area contributed by atoms with Crippen LogP contribution in [0.5, 0.6) is 6.08 Å². The molecule has 0 radical (unpaired) electrons. The van der Waals surface area contributed by atoms with E-state index in [1.54, 1.807) is 29.2 Å². The van der Waals surface area contributed by atoms with Crippen molar-refractivity contribution >= 4 is 23.3 Å². The van der Waals surface area contributed by atoms with Crippen LogP contribution in [0.15, 0.2) is 41.1 Å². The zero-order chi connectivity index (χ0) is 19.5. The lowest BCUT2D eigenvalue weighted by molar-refractivity contribution is 0.0787. The van der Waals surface area contributed by atoms with E-state index in [-0.39, 0.29) is 30.2 Å². The summed E-state index contributed by atoms with van der Waals surface area (Å²) in [7, 11) is 0. The summed E-state index contributed by atoms with van der Waals surface area (Å²) in [4.78, 5) is 33.4. The first-order valence-electron chi connectivity index (χ1n) is 8.84. The number of ether oxygens (including phenoxy) is 1. The molecule has 0 bridgehead atoms. The zero-order valence-electron chi connectivity index (χ0n) is 14.9. The third-order valence-electron chi connectivity index (χ3n) is 4.48. The average Bonchev–Trinajstić information content (AvgIpc) is 3.47. The molecule has 0 spiro atoms. The van der Waals surface area contributed by atoms with Crippen molar-refractivity contribution < 1.29 is 18.8 Å². The molecule has 1 amide bonds. The SMILES string of the molecule is O=C(COc1nc(-c2ccccc2Cl)no1)c1c[nH]c(C(=O)N2CCCC2)c1. The molecule has 1 aliphatic heterocycles. The topological polar surface area (TPSA) is 101 Å². The maximum absolute atomic E-state index is 12.3. The van der Waals surface area contributed by atoms with Crippen LogP contribution in [-0.2, 0) is 0 Å². The number of rotatable bonds is 6. The van der Waals surface area contributed by atoms with Crippen LogP contribution in [0, 0.1) is 0 Å². The molecule has 1 N–H and O–H groups in total. The van der Waals surface area contributed by atoms with Crippen LogP contribution in [0.1, 0.15) is 33.7 Å². The maximum atomic E-state index is 12.3. The maximum Gasteiger partial charge on any atom is 0.418 e. The average molecular weight is 401 g/mol. The largest absolute Gasteiger partial charge is 0.440 e. The van der Waals surface area contributed by atoms with Crippen LogP contribution < -0.4 is 4.74 Å². The fourth-order valence-electron chi connectivity index (χ4n) is 3.00. The van der Waals surface area contributed by atoms with Crippen molar-refractivity contribution in [2.45, 2.75) is 12.8 Å². The van der Waals surface area contributed by atoms with E-state index in [1.807, 2.05) is 0 Å². The number of benzene rings is 1. The van der Waals surface area contributed by atoms with Gasteiger partial charge in [-0.15, -0.1) is 0 Å². The minimum Gasteiger partial charge on any atom is -0.440 e. The first kappa shape index (κ1) is 18.2. The third kappa shape index (κ3) is 3.77. The van der Waals surface area contributed by atoms with E-state index < -0.39 is 0 Å². The zero-order valence-corrected chi connectivity index (χ0v) is 15.6. The highest BCUT2D eigenvalue weighted by molar-refractivity contribution is 6.33. The Kier molecular flexibility index (Phi) is 5.12. The first-order chi connectivity index (χ1) is 13.6. The lowest BCUT2D eigenvalue weighted by Crippen LogP contribution is -2.27. The van der Waals surface area contributed by atoms with Gasteiger partial charge >= 0.3 is 6.08 Å². The van der Waals surface area contributed by atoms with Crippen LogP contribution in [0.2, 0.25) is 5.02 Å². The van der Waals surface area contributed by atoms with Crippen LogP contribution in [0.3, 0.4) is 0 Å². The van der Waals surface area contributed by atoms with Gasteiger partial charge < -0.3 is 14.6 Å². The number of amides is 1. The Hall–Kier alpha value is -3.13. The lowest BCUT2D eigenvalue weighted by atomic mass is 10.2. The molecule has 3 aromatic rings. The molecular formula is C19H17ClN4O4. The summed E-state index contributed by atoms with van der Waals surface area (Å²) >= 11 is 6.10. The predicted octanol–water partition coefficient (Wildman–Crippen LogP) is 3.22. The van der Waals surface area contributed by atoms with Crippen LogP contribution in [0.25, 0.3) is 11.4 Å². The molecule has 1 aromatic carbocycles. The molecular weight excluding hydrogens is 384 g/mol. The van der Waals surface area contributed by atoms with Gasteiger partial charge in [0.15, 0.2) is 6.61 Å². The van der Waals surface area contributed by atoms with Crippen molar-refractivity contribution in [3.8, 4) is 17.5 Å². The summed E-state index contributed by atoms with van der Waals surface area (Å²) in [5.41, 5.74) is 1.35. The molecule has 4 rings (SSSR count). The Bertz CT molecular complexity index is 1010. The summed E-state index contributed by atoms with van der Waals surface area (Å²) in [5.74, 6) is -0.138. The van der Waals surface area contributed by atoms with E-state index >= 15 is 0 Å². The molecule has 1 fully saturated rings. The number of nitrogens with zero attached hydrogens (tertiary/aromatic N) is 3. The smallest absolute Gasteiger partial charge is 0.418 e. The number of aromatic nitrogens is 3. The summed E-state index contributed by atoms with van der Waals surface area (Å²) in [6.45, 7) is 1.20. The summed E-state index contributed by atoms with van der Waals surface area (Å²) in [5, 5.41) is 4.29. The van der Waals surface area contributed by atoms with Gasteiger partial charge in [-0.05, 0) is 31.0 Å². The number of Topliss-reactive ketones (excluding diaryl/α,β-unsaturated/α-hetero) is 1. The monoisotopic (exact) mass is 400 g/mol. The van der Waals surface area contributed by atoms with Gasteiger partial charge in [0, 0.05) is 30.4 Å². The number of carbonyl (C=O) groups excluding carboxylic acids is 2. The molecule has 0 atom stereocenters. The van der Waals surface area contributed by atoms with Crippen molar-refractivity contribution in [2.24, 2.45) is 0 Å². The fourth-order valence-corrected chi connectivity index (χ4v) is 3.22. The lowest BCUT2D eigenvalue weighted by Gasteiger charge is -2.13. The number of ketones is 1. The van der Waals surface area contributed by atoms with E-state index in [9.17, 15) is 9.59 Å². The van der Waals surface area contributed by atoms with E-state index in [1.165, 1.54) is 12.3 Å². The van der Waals surface area contributed by atoms with Gasteiger partial charge in [0.1, 0.15) is 5.69 Å². The number of hydrogen-bond donors (Lipinski definition) is 1. The summed E-state index contributed by atoms with van der Waals surface area (Å²) in [6.07, 6.45) is 3.38. The van der Waals surface area contributed by atoms with Gasteiger partial charge in [0.2, 0.25) is 11.6 Å². The number of nitrogens with one attached hydrogen (secondary N) is 1. The van der Waals surface area contributed by atoms with Crippen molar-refractivity contribution in [3.05, 3.63) is 52.8 Å². The van der Waals surface area contributed by atoms with E-state index in [0.29, 0.717) is 21.8 Å². The number of halogens is 1. The van der Waals surface area contributed by atoms with Gasteiger partial charge in [-0.1, -0.05) is 28.9 Å². The fraction of sp³-hybridized carbons (Fsp3) is 0.263. The second-order valence-electron chi connectivity index (χ2n) is 6.38. The molecule has 9 heteroatoms. The molecule has 0 saturated carbocycles. The molecule has 8 nitrogen and oxygen atoms in total. The highest BCUT2D eigenvalue weighted by atomic mass is 35.5. The highest BCUT2D eigenvalue weighted by Gasteiger charge is 2.22. The van der Waals surface area contributed by atoms with E-state index in [2.05, 4.69) is 15.1 Å². The Morgan fingerprint density at radius 2 is 2.04 bits per heavy atom. The number of aromatic amines is 1. The quantitative estimate of drug-likeness (QED) is 0.637. The van der Waals surface area contributed by atoms with Gasteiger partial charge in [-0.25, -0.2) is 0 Å². The molecule has 2 aromatic heterocycles. The Morgan fingerprint density at radius 3 is 2.82 bits per heavy atom. The van der Waals surface area contributed by atoms with Crippen molar-refractivity contribution in [1.29, 1.82) is 0 Å². The van der Waals surface area contributed by atoms with E-state index in [0.717, 1.165) is 25.9 Å². The normalized spacial score (nSPS) is 13.7. The van der Waals surface area contributed by atoms with Gasteiger partial charge in [-0.3, -0.25) is 14.1 Å². The Morgan fingerprint density at radius 1 is 1.25 bits per heavy atom. The minimum absolute atomic E-state index is 0.0984. The molecule has 3 heterocycles. The summed E-state index contributed by atoms with van der Waals surface area (Å²) < 4.78 is 10.3. The number of H-pyrrole nitrogens is 1. The van der Waals surface area contributed by atoms with Gasteiger partial charge in [0.25, 0.3) is 5.91 Å². The molecule has 1 aliphatic rings. The predicted molar refractivity (Wildman–Crippen MR) is 100 cm³/mol. The van der Waals surface area contributed by atoms with Crippen LogP contribution in [-0.4, -0.2) is 51.4 Å².